The summed E-state index contributed by atoms with van der Waals surface area (Å²) >= 11 is 0. The van der Waals surface area contributed by atoms with Gasteiger partial charge in [-0.05, 0) is 36.3 Å². The maximum atomic E-state index is 12.5. The van der Waals surface area contributed by atoms with E-state index in [-0.39, 0.29) is 11.9 Å². The predicted molar refractivity (Wildman–Crippen MR) is 83.0 cm³/mol. The van der Waals surface area contributed by atoms with Crippen molar-refractivity contribution in [2.45, 2.75) is 38.8 Å². The van der Waals surface area contributed by atoms with Crippen LogP contribution in [0.5, 0.6) is 0 Å². The number of rotatable bonds is 7. The van der Waals surface area contributed by atoms with Crippen LogP contribution in [0.4, 0.5) is 0 Å². The van der Waals surface area contributed by atoms with Gasteiger partial charge in [-0.2, -0.15) is 0 Å². The molecule has 1 heterocycles. The topological polar surface area (TPSA) is 98.7 Å². The van der Waals surface area contributed by atoms with Crippen molar-refractivity contribution in [1.82, 2.24) is 25.5 Å². The summed E-state index contributed by atoms with van der Waals surface area (Å²) in [7, 11) is 0. The van der Waals surface area contributed by atoms with Gasteiger partial charge in [0.05, 0.1) is 0 Å². The molecule has 7 heteroatoms. The van der Waals surface area contributed by atoms with Gasteiger partial charge in [-0.3, -0.25) is 4.79 Å². The van der Waals surface area contributed by atoms with Gasteiger partial charge in [-0.1, -0.05) is 30.3 Å². The monoisotopic (exact) mass is 302 g/mol. The molecule has 0 aliphatic rings. The summed E-state index contributed by atoms with van der Waals surface area (Å²) in [6, 6.07) is 9.42. The molecule has 0 radical (unpaired) electrons. The molecule has 0 aliphatic carbocycles. The van der Waals surface area contributed by atoms with E-state index in [9.17, 15) is 4.79 Å². The van der Waals surface area contributed by atoms with Crippen molar-refractivity contribution in [3.63, 3.8) is 0 Å². The maximum Gasteiger partial charge on any atom is 0.245 e. The molecule has 0 saturated carbocycles. The summed E-state index contributed by atoms with van der Waals surface area (Å²) < 4.78 is 1.56. The smallest absolute Gasteiger partial charge is 0.245 e. The normalized spacial score (nSPS) is 13.6. The van der Waals surface area contributed by atoms with E-state index in [1.165, 1.54) is 0 Å². The Morgan fingerprint density at radius 2 is 2.09 bits per heavy atom. The Hall–Kier alpha value is -2.28. The van der Waals surface area contributed by atoms with Crippen LogP contribution < -0.4 is 11.1 Å². The largest absolute Gasteiger partial charge is 0.354 e. The molecule has 2 unspecified atom stereocenters. The van der Waals surface area contributed by atoms with Crippen LogP contribution in [0, 0.1) is 6.92 Å². The van der Waals surface area contributed by atoms with E-state index in [0.717, 1.165) is 12.0 Å². The molecular formula is C15H22N6O. The number of amides is 1. The number of hydrogen-bond donors (Lipinski definition) is 2. The van der Waals surface area contributed by atoms with E-state index in [1.54, 1.807) is 11.6 Å². The average Bonchev–Trinajstić information content (AvgIpc) is 2.91. The van der Waals surface area contributed by atoms with Crippen molar-refractivity contribution < 1.29 is 4.79 Å². The number of nitrogens with one attached hydrogen (secondary N) is 1. The molecule has 2 rings (SSSR count). The minimum Gasteiger partial charge on any atom is -0.354 e. The van der Waals surface area contributed by atoms with E-state index in [2.05, 4.69) is 20.8 Å². The molecule has 118 valence electrons. The van der Waals surface area contributed by atoms with Crippen LogP contribution in [0.25, 0.3) is 0 Å². The van der Waals surface area contributed by atoms with Gasteiger partial charge in [0.1, 0.15) is 11.9 Å². The fourth-order valence-electron chi connectivity index (χ4n) is 2.19. The molecule has 1 amide bonds. The Morgan fingerprint density at radius 1 is 1.36 bits per heavy atom. The Balaban J connectivity index is 2.11. The lowest BCUT2D eigenvalue weighted by Gasteiger charge is -2.18. The molecule has 1 aromatic heterocycles. The summed E-state index contributed by atoms with van der Waals surface area (Å²) in [5, 5.41) is 14.4. The second kappa shape index (κ2) is 7.65. The molecule has 2 atom stereocenters. The Kier molecular flexibility index (Phi) is 5.60. The fourth-order valence-corrected chi connectivity index (χ4v) is 2.19. The van der Waals surface area contributed by atoms with Crippen molar-refractivity contribution in [3.05, 3.63) is 41.7 Å². The van der Waals surface area contributed by atoms with Crippen molar-refractivity contribution in [3.8, 4) is 0 Å². The van der Waals surface area contributed by atoms with Gasteiger partial charge in [0.25, 0.3) is 0 Å². The number of carbonyl (C=O) groups excluding carboxylic acids is 1. The molecular weight excluding hydrogens is 280 g/mol. The van der Waals surface area contributed by atoms with Crippen molar-refractivity contribution in [2.75, 3.05) is 6.54 Å². The average molecular weight is 302 g/mol. The maximum absolute atomic E-state index is 12.5. The number of carbonyl (C=O) groups is 1. The molecule has 1 aromatic carbocycles. The van der Waals surface area contributed by atoms with E-state index < -0.39 is 6.04 Å². The third-order valence-electron chi connectivity index (χ3n) is 3.43. The fraction of sp³-hybridized carbons (Fsp3) is 0.467. The van der Waals surface area contributed by atoms with Gasteiger partial charge in [0.15, 0.2) is 0 Å². The standard InChI is InChI=1S/C15H22N6O/c1-11(16)8-9-17-15(22)14(21-12(2)18-19-20-21)10-13-6-4-3-5-7-13/h3-7,11,14H,8-10,16H2,1-2H3,(H,17,22). The molecule has 0 fully saturated rings. The van der Waals surface area contributed by atoms with Gasteiger partial charge in [0.2, 0.25) is 5.91 Å². The molecule has 0 aliphatic heterocycles. The van der Waals surface area contributed by atoms with Crippen molar-refractivity contribution in [1.29, 1.82) is 0 Å². The molecule has 7 nitrogen and oxygen atoms in total. The van der Waals surface area contributed by atoms with E-state index >= 15 is 0 Å². The highest BCUT2D eigenvalue weighted by Crippen LogP contribution is 2.14. The number of nitrogens with zero attached hydrogens (tertiary/aromatic N) is 4. The highest BCUT2D eigenvalue weighted by Gasteiger charge is 2.23. The van der Waals surface area contributed by atoms with Gasteiger partial charge in [0, 0.05) is 19.0 Å². The van der Waals surface area contributed by atoms with Crippen molar-refractivity contribution in [2.24, 2.45) is 5.73 Å². The van der Waals surface area contributed by atoms with E-state index in [1.807, 2.05) is 37.3 Å². The van der Waals surface area contributed by atoms with Gasteiger partial charge < -0.3 is 11.1 Å². The number of aryl methyl sites for hydroxylation is 1. The van der Waals surface area contributed by atoms with Crippen LogP contribution in [0.15, 0.2) is 30.3 Å². The predicted octanol–water partition coefficient (Wildman–Crippen LogP) is 0.619. The highest BCUT2D eigenvalue weighted by atomic mass is 16.2. The summed E-state index contributed by atoms with van der Waals surface area (Å²) in [5.41, 5.74) is 6.77. The SMILES string of the molecule is Cc1nnnn1C(Cc1ccccc1)C(=O)NCCC(C)N. The van der Waals surface area contributed by atoms with Gasteiger partial charge in [-0.15, -0.1) is 5.10 Å². The van der Waals surface area contributed by atoms with Crippen LogP contribution in [-0.2, 0) is 11.2 Å². The third-order valence-corrected chi connectivity index (χ3v) is 3.43. The molecule has 22 heavy (non-hydrogen) atoms. The summed E-state index contributed by atoms with van der Waals surface area (Å²) in [4.78, 5) is 12.5. The first-order valence-corrected chi connectivity index (χ1v) is 7.39. The molecule has 0 spiro atoms. The highest BCUT2D eigenvalue weighted by molar-refractivity contribution is 5.80. The lowest BCUT2D eigenvalue weighted by Crippen LogP contribution is -2.37. The zero-order chi connectivity index (χ0) is 15.9. The molecule has 2 aromatic rings. The molecule has 0 bridgehead atoms. The van der Waals surface area contributed by atoms with Gasteiger partial charge >= 0.3 is 0 Å². The number of nitrogens with two attached hydrogens (primary N) is 1. The number of aromatic nitrogens is 4. The first-order chi connectivity index (χ1) is 10.6. The zero-order valence-corrected chi connectivity index (χ0v) is 12.9. The minimum absolute atomic E-state index is 0.0580. The van der Waals surface area contributed by atoms with E-state index in [0.29, 0.717) is 18.8 Å². The molecule has 3 N–H and O–H groups in total. The number of hydrogen-bond acceptors (Lipinski definition) is 5. The lowest BCUT2D eigenvalue weighted by atomic mass is 10.1. The number of tetrazole rings is 1. The molecule has 0 saturated heterocycles. The Bertz CT molecular complexity index is 595. The summed E-state index contributed by atoms with van der Waals surface area (Å²) in [6.45, 7) is 4.25. The van der Waals surface area contributed by atoms with Crippen LogP contribution in [0.3, 0.4) is 0 Å². The van der Waals surface area contributed by atoms with E-state index in [4.69, 9.17) is 5.73 Å². The number of benzene rings is 1. The Morgan fingerprint density at radius 3 is 2.68 bits per heavy atom. The van der Waals surface area contributed by atoms with Crippen LogP contribution >= 0.6 is 0 Å². The van der Waals surface area contributed by atoms with Crippen LogP contribution in [-0.4, -0.2) is 38.7 Å². The quantitative estimate of drug-likeness (QED) is 0.781. The lowest BCUT2D eigenvalue weighted by molar-refractivity contribution is -0.124. The zero-order valence-electron chi connectivity index (χ0n) is 12.9. The second-order valence-electron chi connectivity index (χ2n) is 5.43. The summed E-state index contributed by atoms with van der Waals surface area (Å²) in [6.07, 6.45) is 1.27. The summed E-state index contributed by atoms with van der Waals surface area (Å²) in [5.74, 6) is 0.517. The van der Waals surface area contributed by atoms with Crippen LogP contribution in [0.1, 0.15) is 30.8 Å². The first-order valence-electron chi connectivity index (χ1n) is 7.39. The first kappa shape index (κ1) is 16.1. The van der Waals surface area contributed by atoms with Gasteiger partial charge in [-0.25, -0.2) is 4.68 Å². The van der Waals surface area contributed by atoms with Crippen LogP contribution in [0.2, 0.25) is 0 Å². The Labute approximate surface area is 129 Å². The minimum atomic E-state index is -0.467. The second-order valence-corrected chi connectivity index (χ2v) is 5.43. The van der Waals surface area contributed by atoms with Crippen molar-refractivity contribution >= 4 is 5.91 Å². The third kappa shape index (κ3) is 4.36.